The summed E-state index contributed by atoms with van der Waals surface area (Å²) in [5, 5.41) is 3.61. The number of nitrogens with one attached hydrogen (secondary N) is 1. The molecule has 2 atom stereocenters. The molecule has 5 heteroatoms. The number of rotatable bonds is 5. The van der Waals surface area contributed by atoms with Crippen molar-refractivity contribution in [2.45, 2.75) is 32.7 Å². The van der Waals surface area contributed by atoms with E-state index in [-0.39, 0.29) is 23.2 Å². The van der Waals surface area contributed by atoms with Gasteiger partial charge in [-0.3, -0.25) is 4.90 Å². The van der Waals surface area contributed by atoms with Crippen LogP contribution in [0.1, 0.15) is 38.3 Å². The van der Waals surface area contributed by atoms with Gasteiger partial charge in [-0.15, -0.1) is 12.4 Å². The zero-order chi connectivity index (χ0) is 14.5. The Morgan fingerprint density at radius 2 is 2.00 bits per heavy atom. The summed E-state index contributed by atoms with van der Waals surface area (Å²) in [5.41, 5.74) is 1.14. The molecule has 120 valence electrons. The molecular formula is C16H25Cl2FN2. The van der Waals surface area contributed by atoms with Gasteiger partial charge in [0.2, 0.25) is 0 Å². The number of halogens is 3. The summed E-state index contributed by atoms with van der Waals surface area (Å²) < 4.78 is 13.4. The standard InChI is InChI=1S/C16H24ClFN2.ClH/c1-3-4-12(2)16(20-9-7-19-8-10-20)13-5-6-15(18)14(17)11-13;/h5-6,11-12,16,19H,3-4,7-10H2,1-2H3;1H/t12?,16-;/m1./s1. The van der Waals surface area contributed by atoms with Crippen LogP contribution < -0.4 is 5.32 Å². The Morgan fingerprint density at radius 1 is 1.33 bits per heavy atom. The highest BCUT2D eigenvalue weighted by Gasteiger charge is 2.27. The predicted octanol–water partition coefficient (Wildman–Crippen LogP) is 4.28. The minimum absolute atomic E-state index is 0. The summed E-state index contributed by atoms with van der Waals surface area (Å²) in [5.74, 6) is 0.206. The number of nitrogens with zero attached hydrogens (tertiary/aromatic N) is 1. The second-order valence-corrected chi connectivity index (χ2v) is 6.08. The van der Waals surface area contributed by atoms with Crippen molar-refractivity contribution in [3.63, 3.8) is 0 Å². The van der Waals surface area contributed by atoms with Crippen molar-refractivity contribution in [3.05, 3.63) is 34.6 Å². The molecule has 1 heterocycles. The van der Waals surface area contributed by atoms with Crippen LogP contribution in [0.25, 0.3) is 0 Å². The fraction of sp³-hybridized carbons (Fsp3) is 0.625. The van der Waals surface area contributed by atoms with Gasteiger partial charge in [-0.1, -0.05) is 37.9 Å². The predicted molar refractivity (Wildman–Crippen MR) is 89.9 cm³/mol. The van der Waals surface area contributed by atoms with E-state index in [9.17, 15) is 4.39 Å². The van der Waals surface area contributed by atoms with E-state index in [0.29, 0.717) is 12.0 Å². The Labute approximate surface area is 138 Å². The number of piperazine rings is 1. The van der Waals surface area contributed by atoms with Gasteiger partial charge in [0.1, 0.15) is 5.82 Å². The largest absolute Gasteiger partial charge is 0.314 e. The highest BCUT2D eigenvalue weighted by molar-refractivity contribution is 6.30. The molecule has 1 aromatic rings. The number of hydrogen-bond donors (Lipinski definition) is 1. The number of benzene rings is 1. The molecule has 1 aromatic carbocycles. The molecule has 0 spiro atoms. The van der Waals surface area contributed by atoms with Crippen molar-refractivity contribution in [1.82, 2.24) is 10.2 Å². The Bertz CT molecular complexity index is 436. The van der Waals surface area contributed by atoms with Gasteiger partial charge >= 0.3 is 0 Å². The summed E-state index contributed by atoms with van der Waals surface area (Å²) >= 11 is 5.97. The van der Waals surface area contributed by atoms with E-state index in [4.69, 9.17) is 11.6 Å². The quantitative estimate of drug-likeness (QED) is 0.864. The fourth-order valence-electron chi connectivity index (χ4n) is 3.17. The third-order valence-electron chi connectivity index (χ3n) is 4.11. The van der Waals surface area contributed by atoms with Crippen molar-refractivity contribution in [2.75, 3.05) is 26.2 Å². The zero-order valence-corrected chi connectivity index (χ0v) is 14.3. The second kappa shape index (κ2) is 8.94. The Morgan fingerprint density at radius 3 is 2.57 bits per heavy atom. The van der Waals surface area contributed by atoms with Crippen molar-refractivity contribution in [2.24, 2.45) is 5.92 Å². The van der Waals surface area contributed by atoms with Crippen LogP contribution in [0, 0.1) is 11.7 Å². The summed E-state index contributed by atoms with van der Waals surface area (Å²) in [6.07, 6.45) is 2.34. The minimum atomic E-state index is -0.336. The Hall–Kier alpha value is -0.350. The van der Waals surface area contributed by atoms with Gasteiger partial charge in [0.15, 0.2) is 0 Å². The maximum Gasteiger partial charge on any atom is 0.141 e. The fourth-order valence-corrected chi connectivity index (χ4v) is 3.36. The lowest BCUT2D eigenvalue weighted by Gasteiger charge is -2.38. The molecule has 1 aliphatic rings. The molecule has 1 N–H and O–H groups in total. The van der Waals surface area contributed by atoms with E-state index in [2.05, 4.69) is 24.1 Å². The lowest BCUT2D eigenvalue weighted by Crippen LogP contribution is -2.46. The van der Waals surface area contributed by atoms with Crippen LogP contribution in [-0.4, -0.2) is 31.1 Å². The maximum absolute atomic E-state index is 13.4. The molecule has 0 aromatic heterocycles. The van der Waals surface area contributed by atoms with Crippen molar-refractivity contribution in [1.29, 1.82) is 0 Å². The number of hydrogen-bond acceptors (Lipinski definition) is 2. The maximum atomic E-state index is 13.4. The monoisotopic (exact) mass is 334 g/mol. The summed E-state index contributed by atoms with van der Waals surface area (Å²) in [6, 6.07) is 5.51. The molecule has 2 rings (SSSR count). The highest BCUT2D eigenvalue weighted by atomic mass is 35.5. The first-order chi connectivity index (χ1) is 9.63. The van der Waals surface area contributed by atoms with E-state index in [0.717, 1.165) is 31.7 Å². The molecule has 0 bridgehead atoms. The summed E-state index contributed by atoms with van der Waals surface area (Å²) in [7, 11) is 0. The van der Waals surface area contributed by atoms with Gasteiger partial charge in [-0.05, 0) is 30.0 Å². The van der Waals surface area contributed by atoms with Crippen LogP contribution in [-0.2, 0) is 0 Å². The third-order valence-corrected chi connectivity index (χ3v) is 4.40. The Balaban J connectivity index is 0.00000220. The molecule has 0 saturated carbocycles. The topological polar surface area (TPSA) is 15.3 Å². The average molecular weight is 335 g/mol. The Kier molecular flexibility index (Phi) is 7.96. The van der Waals surface area contributed by atoms with Crippen LogP contribution in [0.2, 0.25) is 5.02 Å². The minimum Gasteiger partial charge on any atom is -0.314 e. The summed E-state index contributed by atoms with van der Waals surface area (Å²) in [4.78, 5) is 2.50. The van der Waals surface area contributed by atoms with Crippen LogP contribution in [0.5, 0.6) is 0 Å². The van der Waals surface area contributed by atoms with Crippen molar-refractivity contribution >= 4 is 24.0 Å². The van der Waals surface area contributed by atoms with E-state index in [1.165, 1.54) is 18.9 Å². The third kappa shape index (κ3) is 4.82. The van der Waals surface area contributed by atoms with Crippen molar-refractivity contribution in [3.8, 4) is 0 Å². The van der Waals surface area contributed by atoms with Crippen LogP contribution in [0.3, 0.4) is 0 Å². The van der Waals surface area contributed by atoms with E-state index in [1.54, 1.807) is 6.07 Å². The highest BCUT2D eigenvalue weighted by Crippen LogP contribution is 2.33. The van der Waals surface area contributed by atoms with E-state index in [1.807, 2.05) is 6.07 Å². The lowest BCUT2D eigenvalue weighted by atomic mass is 9.89. The molecule has 21 heavy (non-hydrogen) atoms. The van der Waals surface area contributed by atoms with Gasteiger partial charge in [0.05, 0.1) is 5.02 Å². The zero-order valence-electron chi connectivity index (χ0n) is 12.7. The first-order valence-corrected chi connectivity index (χ1v) is 7.91. The molecular weight excluding hydrogens is 310 g/mol. The smallest absolute Gasteiger partial charge is 0.141 e. The lowest BCUT2D eigenvalue weighted by molar-refractivity contribution is 0.126. The van der Waals surface area contributed by atoms with Crippen LogP contribution in [0.4, 0.5) is 4.39 Å². The molecule has 1 aliphatic heterocycles. The van der Waals surface area contributed by atoms with Gasteiger partial charge in [-0.25, -0.2) is 4.39 Å². The molecule has 1 unspecified atom stereocenters. The SMILES string of the molecule is CCCC(C)[C@H](c1ccc(F)c(Cl)c1)N1CCNCC1.Cl. The van der Waals surface area contributed by atoms with Gasteiger partial charge < -0.3 is 5.32 Å². The molecule has 2 nitrogen and oxygen atoms in total. The van der Waals surface area contributed by atoms with E-state index >= 15 is 0 Å². The first kappa shape index (κ1) is 18.7. The van der Waals surface area contributed by atoms with Gasteiger partial charge in [0.25, 0.3) is 0 Å². The molecule has 0 radical (unpaired) electrons. The van der Waals surface area contributed by atoms with Gasteiger partial charge in [0, 0.05) is 32.2 Å². The first-order valence-electron chi connectivity index (χ1n) is 7.53. The molecule has 1 fully saturated rings. The molecule has 0 amide bonds. The van der Waals surface area contributed by atoms with Crippen LogP contribution in [0.15, 0.2) is 18.2 Å². The van der Waals surface area contributed by atoms with E-state index < -0.39 is 0 Å². The van der Waals surface area contributed by atoms with Crippen molar-refractivity contribution < 1.29 is 4.39 Å². The van der Waals surface area contributed by atoms with Crippen LogP contribution >= 0.6 is 24.0 Å². The normalized spacial score (nSPS) is 18.9. The molecule has 1 saturated heterocycles. The average Bonchev–Trinajstić information content (AvgIpc) is 2.44. The molecule has 0 aliphatic carbocycles. The second-order valence-electron chi connectivity index (χ2n) is 5.67. The summed E-state index contributed by atoms with van der Waals surface area (Å²) in [6.45, 7) is 8.60. The van der Waals surface area contributed by atoms with Gasteiger partial charge in [-0.2, -0.15) is 0 Å².